The molecular weight excluding hydrogens is 352 g/mol. The van der Waals surface area contributed by atoms with Crippen molar-refractivity contribution >= 4 is 71.8 Å². The molecule has 0 saturated heterocycles. The predicted molar refractivity (Wildman–Crippen MR) is 54.7 cm³/mol. The Hall–Kier alpha value is 1.49. The lowest BCUT2D eigenvalue weighted by atomic mass is 10.7. The third-order valence-corrected chi connectivity index (χ3v) is 6.08. The molecule has 1 rings (SSSR count). The Kier molecular flexibility index (Phi) is 3.11. The van der Waals surface area contributed by atoms with Crippen molar-refractivity contribution in [3.8, 4) is 0 Å². The standard InChI is InChI=1S/C4HBr3S2/c5-1-2(8)4(7)9-3(1)6/h8H. The molecule has 0 aliphatic carbocycles. The Morgan fingerprint density at radius 2 is 1.67 bits per heavy atom. The van der Waals surface area contributed by atoms with Gasteiger partial charge in [0.05, 0.1) is 12.0 Å². The maximum atomic E-state index is 4.22. The molecule has 0 fully saturated rings. The Labute approximate surface area is 87.8 Å². The smallest absolute Gasteiger partial charge is 0.0864 e. The van der Waals surface area contributed by atoms with Crippen molar-refractivity contribution in [2.45, 2.75) is 4.90 Å². The van der Waals surface area contributed by atoms with E-state index in [0.29, 0.717) is 0 Å². The van der Waals surface area contributed by atoms with Gasteiger partial charge < -0.3 is 0 Å². The van der Waals surface area contributed by atoms with Crippen LogP contribution in [-0.2, 0) is 0 Å². The second-order valence-electron chi connectivity index (χ2n) is 1.31. The molecule has 0 aromatic carbocycles. The minimum atomic E-state index is 0.951. The van der Waals surface area contributed by atoms with Gasteiger partial charge in [-0.25, -0.2) is 0 Å². The van der Waals surface area contributed by atoms with Gasteiger partial charge in [0.2, 0.25) is 0 Å². The van der Waals surface area contributed by atoms with Gasteiger partial charge in [0.1, 0.15) is 0 Å². The zero-order valence-corrected chi connectivity index (χ0v) is 10.5. The summed E-state index contributed by atoms with van der Waals surface area (Å²) in [6.07, 6.45) is 0. The largest absolute Gasteiger partial charge is 0.140 e. The van der Waals surface area contributed by atoms with Gasteiger partial charge in [-0.15, -0.1) is 24.0 Å². The van der Waals surface area contributed by atoms with E-state index in [9.17, 15) is 0 Å². The van der Waals surface area contributed by atoms with Gasteiger partial charge in [-0.1, -0.05) is 0 Å². The van der Waals surface area contributed by atoms with Crippen LogP contribution < -0.4 is 0 Å². The molecule has 1 aromatic rings. The quantitative estimate of drug-likeness (QED) is 0.660. The van der Waals surface area contributed by atoms with Crippen molar-refractivity contribution in [2.24, 2.45) is 0 Å². The summed E-state index contributed by atoms with van der Waals surface area (Å²) < 4.78 is 3.13. The number of rotatable bonds is 0. The van der Waals surface area contributed by atoms with Gasteiger partial charge in [0.15, 0.2) is 0 Å². The first-order valence-electron chi connectivity index (χ1n) is 1.95. The Morgan fingerprint density at radius 1 is 1.11 bits per heavy atom. The van der Waals surface area contributed by atoms with Crippen molar-refractivity contribution in [3.63, 3.8) is 0 Å². The summed E-state index contributed by atoms with van der Waals surface area (Å²) in [5.41, 5.74) is 0. The fourth-order valence-corrected chi connectivity index (χ4v) is 4.23. The lowest BCUT2D eigenvalue weighted by molar-refractivity contribution is 1.49. The highest BCUT2D eigenvalue weighted by atomic mass is 79.9. The van der Waals surface area contributed by atoms with Gasteiger partial charge in [-0.05, 0) is 47.8 Å². The van der Waals surface area contributed by atoms with E-state index in [1.165, 1.54) is 0 Å². The highest BCUT2D eigenvalue weighted by Crippen LogP contribution is 2.42. The molecule has 0 radical (unpaired) electrons. The van der Waals surface area contributed by atoms with Crippen LogP contribution in [0.1, 0.15) is 0 Å². The molecule has 0 aliphatic heterocycles. The third-order valence-electron chi connectivity index (χ3n) is 0.746. The topological polar surface area (TPSA) is 0 Å². The van der Waals surface area contributed by atoms with E-state index in [4.69, 9.17) is 0 Å². The highest BCUT2D eigenvalue weighted by Gasteiger charge is 2.07. The monoisotopic (exact) mass is 350 g/mol. The van der Waals surface area contributed by atoms with Gasteiger partial charge in [-0.3, -0.25) is 0 Å². The van der Waals surface area contributed by atoms with Gasteiger partial charge in [0, 0.05) is 4.90 Å². The van der Waals surface area contributed by atoms with Crippen LogP contribution in [0.2, 0.25) is 0 Å². The van der Waals surface area contributed by atoms with Crippen LogP contribution in [0.4, 0.5) is 0 Å². The molecule has 1 aromatic heterocycles. The number of hydrogen-bond acceptors (Lipinski definition) is 2. The van der Waals surface area contributed by atoms with Gasteiger partial charge in [-0.2, -0.15) is 0 Å². The molecule has 0 amide bonds. The van der Waals surface area contributed by atoms with Crippen molar-refractivity contribution in [1.82, 2.24) is 0 Å². The summed E-state index contributed by atoms with van der Waals surface area (Å²) in [5.74, 6) is 0. The van der Waals surface area contributed by atoms with E-state index < -0.39 is 0 Å². The number of thiophene rings is 1. The van der Waals surface area contributed by atoms with E-state index in [-0.39, 0.29) is 0 Å². The van der Waals surface area contributed by atoms with Crippen molar-refractivity contribution in [1.29, 1.82) is 0 Å². The van der Waals surface area contributed by atoms with Crippen LogP contribution in [-0.4, -0.2) is 0 Å². The first-order chi connectivity index (χ1) is 4.13. The predicted octanol–water partition coefficient (Wildman–Crippen LogP) is 4.32. The first-order valence-corrected chi connectivity index (χ1v) is 5.59. The van der Waals surface area contributed by atoms with E-state index in [2.05, 4.69) is 60.4 Å². The molecule has 0 saturated carbocycles. The molecule has 1 heterocycles. The molecule has 0 bridgehead atoms. The minimum Gasteiger partial charge on any atom is -0.140 e. The summed E-state index contributed by atoms with van der Waals surface area (Å²) in [7, 11) is 0. The van der Waals surface area contributed by atoms with E-state index in [1.807, 2.05) is 0 Å². The average molecular weight is 353 g/mol. The molecule has 0 atom stereocenters. The highest BCUT2D eigenvalue weighted by molar-refractivity contribution is 9.14. The summed E-state index contributed by atoms with van der Waals surface area (Å²) in [6, 6.07) is 0. The maximum absolute atomic E-state index is 4.22. The molecule has 0 aliphatic rings. The van der Waals surface area contributed by atoms with Crippen LogP contribution in [0.15, 0.2) is 16.9 Å². The minimum absolute atomic E-state index is 0.951. The van der Waals surface area contributed by atoms with Crippen LogP contribution in [0.25, 0.3) is 0 Å². The summed E-state index contributed by atoms with van der Waals surface area (Å²) in [5, 5.41) is 0. The molecule has 0 N–H and O–H groups in total. The lowest BCUT2D eigenvalue weighted by Crippen LogP contribution is -1.56. The molecule has 0 nitrogen and oxygen atoms in total. The van der Waals surface area contributed by atoms with E-state index >= 15 is 0 Å². The molecule has 50 valence electrons. The Morgan fingerprint density at radius 3 is 1.78 bits per heavy atom. The Balaban J connectivity index is 3.29. The third kappa shape index (κ3) is 1.74. The molecule has 9 heavy (non-hydrogen) atoms. The zero-order chi connectivity index (χ0) is 7.02. The number of hydrogen-bond donors (Lipinski definition) is 1. The van der Waals surface area contributed by atoms with Gasteiger partial charge >= 0.3 is 0 Å². The van der Waals surface area contributed by atoms with Crippen LogP contribution in [0.3, 0.4) is 0 Å². The lowest BCUT2D eigenvalue weighted by Gasteiger charge is -1.83. The van der Waals surface area contributed by atoms with Crippen LogP contribution in [0.5, 0.6) is 0 Å². The maximum Gasteiger partial charge on any atom is 0.0864 e. The summed E-state index contributed by atoms with van der Waals surface area (Å²) in [6.45, 7) is 0. The fourth-order valence-electron chi connectivity index (χ4n) is 0.351. The second kappa shape index (κ2) is 3.26. The van der Waals surface area contributed by atoms with Gasteiger partial charge in [0.25, 0.3) is 0 Å². The number of thiol groups is 1. The van der Waals surface area contributed by atoms with Crippen molar-refractivity contribution in [3.05, 3.63) is 12.0 Å². The molecule has 0 spiro atoms. The van der Waals surface area contributed by atoms with E-state index in [0.717, 1.165) is 16.9 Å². The first kappa shape index (κ1) is 8.59. The normalized spacial score (nSPS) is 10.2. The molecule has 5 heteroatoms. The second-order valence-corrected chi connectivity index (χ2v) is 6.21. The number of halogens is 3. The van der Waals surface area contributed by atoms with Crippen molar-refractivity contribution in [2.75, 3.05) is 0 Å². The zero-order valence-electron chi connectivity index (χ0n) is 3.99. The molecule has 0 unspecified atom stereocenters. The average Bonchev–Trinajstić information content (AvgIpc) is 1.98. The van der Waals surface area contributed by atoms with E-state index in [1.54, 1.807) is 11.3 Å². The van der Waals surface area contributed by atoms with Crippen LogP contribution in [0, 0.1) is 0 Å². The van der Waals surface area contributed by atoms with Crippen LogP contribution >= 0.6 is 71.8 Å². The Bertz CT molecular complexity index is 207. The molecular formula is C4HBr3S2. The van der Waals surface area contributed by atoms with Crippen molar-refractivity contribution < 1.29 is 0 Å². The fraction of sp³-hybridized carbons (Fsp3) is 0. The SMILES string of the molecule is Sc1c(Br)sc(Br)c1Br. The summed E-state index contributed by atoms with van der Waals surface area (Å²) >= 11 is 15.9. The summed E-state index contributed by atoms with van der Waals surface area (Å²) in [4.78, 5) is 0.951.